The molecular formula is C16H20N2O2. The average molecular weight is 272 g/mol. The molecule has 1 atom stereocenters. The predicted molar refractivity (Wildman–Crippen MR) is 78.0 cm³/mol. The van der Waals surface area contributed by atoms with Crippen LogP contribution in [0.5, 0.6) is 5.88 Å². The summed E-state index contributed by atoms with van der Waals surface area (Å²) in [4.78, 5) is 4.32. The topological polar surface area (TPSA) is 47.3 Å². The molecule has 1 aliphatic carbocycles. The van der Waals surface area contributed by atoms with Crippen molar-refractivity contribution in [2.45, 2.75) is 45.3 Å². The molecule has 0 amide bonds. The first-order valence-electron chi connectivity index (χ1n) is 7.18. The number of fused-ring (bicyclic) bond motifs is 1. The van der Waals surface area contributed by atoms with Crippen molar-refractivity contribution in [3.63, 3.8) is 0 Å². The summed E-state index contributed by atoms with van der Waals surface area (Å²) in [5.74, 6) is 1.77. The van der Waals surface area contributed by atoms with E-state index >= 15 is 0 Å². The number of aromatic nitrogens is 1. The molecule has 3 rings (SSSR count). The molecule has 4 heteroatoms. The molecule has 1 N–H and O–H groups in total. The summed E-state index contributed by atoms with van der Waals surface area (Å²) in [5.41, 5.74) is 2.20. The summed E-state index contributed by atoms with van der Waals surface area (Å²) >= 11 is 0. The smallest absolute Gasteiger partial charge is 0.237 e. The van der Waals surface area contributed by atoms with Crippen molar-refractivity contribution < 1.29 is 9.15 Å². The van der Waals surface area contributed by atoms with Crippen molar-refractivity contribution in [2.24, 2.45) is 0 Å². The average Bonchev–Trinajstić information content (AvgIpc) is 2.90. The van der Waals surface area contributed by atoms with Gasteiger partial charge in [0.2, 0.25) is 5.88 Å². The van der Waals surface area contributed by atoms with Gasteiger partial charge in [0.1, 0.15) is 5.76 Å². The van der Waals surface area contributed by atoms with E-state index in [-0.39, 0.29) is 12.1 Å². The number of ether oxygens (including phenoxy) is 1. The van der Waals surface area contributed by atoms with E-state index in [1.165, 1.54) is 5.56 Å². The second-order valence-electron chi connectivity index (χ2n) is 5.41. The maximum absolute atomic E-state index is 5.76. The number of rotatable bonds is 4. The molecule has 0 bridgehead atoms. The van der Waals surface area contributed by atoms with Gasteiger partial charge in [-0.25, -0.2) is 4.98 Å². The second-order valence-corrected chi connectivity index (χ2v) is 5.41. The van der Waals surface area contributed by atoms with Crippen LogP contribution < -0.4 is 10.1 Å². The van der Waals surface area contributed by atoms with Gasteiger partial charge in [0, 0.05) is 18.2 Å². The lowest BCUT2D eigenvalue weighted by molar-refractivity contribution is 0.233. The minimum absolute atomic E-state index is 0.112. The summed E-state index contributed by atoms with van der Waals surface area (Å²) < 4.78 is 11.3. The third kappa shape index (κ3) is 2.64. The summed E-state index contributed by atoms with van der Waals surface area (Å²) in [6.07, 6.45) is 6.91. The minimum atomic E-state index is 0.112. The Balaban J connectivity index is 1.82. The highest BCUT2D eigenvalue weighted by Gasteiger charge is 2.23. The molecule has 0 spiro atoms. The van der Waals surface area contributed by atoms with Crippen LogP contribution in [0.2, 0.25) is 0 Å². The number of hydrogen-bond donors (Lipinski definition) is 1. The Hall–Kier alpha value is -1.97. The van der Waals surface area contributed by atoms with Crippen molar-refractivity contribution in [2.75, 3.05) is 5.32 Å². The number of pyridine rings is 1. The Morgan fingerprint density at radius 2 is 2.30 bits per heavy atom. The fourth-order valence-electron chi connectivity index (χ4n) is 2.64. The van der Waals surface area contributed by atoms with Gasteiger partial charge in [0.15, 0.2) is 0 Å². The number of anilines is 1. The van der Waals surface area contributed by atoms with Crippen molar-refractivity contribution in [3.8, 4) is 5.88 Å². The van der Waals surface area contributed by atoms with Gasteiger partial charge in [-0.15, -0.1) is 0 Å². The Morgan fingerprint density at radius 1 is 1.40 bits per heavy atom. The monoisotopic (exact) mass is 272 g/mol. The van der Waals surface area contributed by atoms with E-state index in [1.807, 2.05) is 26.0 Å². The molecule has 1 unspecified atom stereocenters. The van der Waals surface area contributed by atoms with Crippen molar-refractivity contribution in [1.82, 2.24) is 4.98 Å². The van der Waals surface area contributed by atoms with Crippen LogP contribution >= 0.6 is 0 Å². The Morgan fingerprint density at radius 3 is 3.15 bits per heavy atom. The first kappa shape index (κ1) is 13.0. The fourth-order valence-corrected chi connectivity index (χ4v) is 2.64. The molecule has 0 radical (unpaired) electrons. The summed E-state index contributed by atoms with van der Waals surface area (Å²) in [5, 5.41) is 3.55. The van der Waals surface area contributed by atoms with E-state index in [1.54, 1.807) is 12.5 Å². The maximum Gasteiger partial charge on any atom is 0.237 e. The molecule has 2 heterocycles. The van der Waals surface area contributed by atoms with Crippen LogP contribution in [0.15, 0.2) is 35.1 Å². The highest BCUT2D eigenvalue weighted by atomic mass is 16.5. The summed E-state index contributed by atoms with van der Waals surface area (Å²) in [7, 11) is 0. The number of hydrogen-bond acceptors (Lipinski definition) is 4. The molecule has 0 saturated heterocycles. The third-order valence-electron chi connectivity index (χ3n) is 3.50. The molecule has 2 aromatic heterocycles. The van der Waals surface area contributed by atoms with Gasteiger partial charge in [-0.1, -0.05) is 0 Å². The molecule has 4 nitrogen and oxygen atoms in total. The number of furan rings is 1. The van der Waals surface area contributed by atoms with Crippen LogP contribution in [0.3, 0.4) is 0 Å². The Labute approximate surface area is 119 Å². The maximum atomic E-state index is 5.76. The predicted octanol–water partition coefficient (Wildman–Crippen LogP) is 3.95. The Bertz CT molecular complexity index is 577. The molecule has 0 saturated carbocycles. The summed E-state index contributed by atoms with van der Waals surface area (Å²) in [6.45, 7) is 4.01. The lowest BCUT2D eigenvalue weighted by atomic mass is 9.93. The van der Waals surface area contributed by atoms with Gasteiger partial charge in [-0.05, 0) is 44.9 Å². The number of nitrogens with one attached hydrogen (secondary N) is 1. The van der Waals surface area contributed by atoms with Crippen LogP contribution in [0.25, 0.3) is 0 Å². The third-order valence-corrected chi connectivity index (χ3v) is 3.50. The van der Waals surface area contributed by atoms with Gasteiger partial charge in [-0.2, -0.15) is 0 Å². The van der Waals surface area contributed by atoms with Crippen molar-refractivity contribution in [3.05, 3.63) is 42.0 Å². The van der Waals surface area contributed by atoms with Gasteiger partial charge in [0.05, 0.1) is 24.1 Å². The Kier molecular flexibility index (Phi) is 3.63. The minimum Gasteiger partial charge on any atom is -0.473 e. The van der Waals surface area contributed by atoms with Crippen molar-refractivity contribution >= 4 is 5.69 Å². The van der Waals surface area contributed by atoms with E-state index in [0.717, 1.165) is 30.7 Å². The normalized spacial score (nSPS) is 17.9. The van der Waals surface area contributed by atoms with Gasteiger partial charge in [0.25, 0.3) is 0 Å². The van der Waals surface area contributed by atoms with Crippen molar-refractivity contribution in [1.29, 1.82) is 0 Å². The van der Waals surface area contributed by atoms with Crippen LogP contribution in [0, 0.1) is 0 Å². The van der Waals surface area contributed by atoms with E-state index in [2.05, 4.69) is 16.4 Å². The van der Waals surface area contributed by atoms with Crippen LogP contribution in [0.4, 0.5) is 5.69 Å². The molecule has 20 heavy (non-hydrogen) atoms. The van der Waals surface area contributed by atoms with Gasteiger partial charge >= 0.3 is 0 Å². The van der Waals surface area contributed by atoms with E-state index in [0.29, 0.717) is 5.88 Å². The van der Waals surface area contributed by atoms with Crippen LogP contribution in [-0.4, -0.2) is 11.1 Å². The SMILES string of the molecule is CC(C)Oc1ncccc1NC1CCCc2occc21. The zero-order valence-corrected chi connectivity index (χ0v) is 11.9. The molecule has 0 fully saturated rings. The van der Waals surface area contributed by atoms with Gasteiger partial charge < -0.3 is 14.5 Å². The lowest BCUT2D eigenvalue weighted by Gasteiger charge is -2.24. The lowest BCUT2D eigenvalue weighted by Crippen LogP contribution is -2.17. The zero-order chi connectivity index (χ0) is 13.9. The number of aryl methyl sites for hydroxylation is 1. The molecule has 1 aliphatic rings. The number of nitrogens with zero attached hydrogens (tertiary/aromatic N) is 1. The highest BCUT2D eigenvalue weighted by Crippen LogP contribution is 2.35. The molecule has 2 aromatic rings. The van der Waals surface area contributed by atoms with E-state index in [4.69, 9.17) is 9.15 Å². The van der Waals surface area contributed by atoms with E-state index < -0.39 is 0 Å². The second kappa shape index (κ2) is 5.57. The van der Waals surface area contributed by atoms with Crippen LogP contribution in [0.1, 0.15) is 44.1 Å². The largest absolute Gasteiger partial charge is 0.473 e. The summed E-state index contributed by atoms with van der Waals surface area (Å²) in [6, 6.07) is 6.27. The zero-order valence-electron chi connectivity index (χ0n) is 11.9. The first-order chi connectivity index (χ1) is 9.74. The molecule has 106 valence electrons. The standard InChI is InChI=1S/C16H20N2O2/c1-11(2)20-16-14(6-4-9-17-16)18-13-5-3-7-15-12(13)8-10-19-15/h4,6,8-11,13,18H,3,5,7H2,1-2H3. The molecule has 0 aliphatic heterocycles. The molecule has 0 aromatic carbocycles. The van der Waals surface area contributed by atoms with E-state index in [9.17, 15) is 0 Å². The highest BCUT2D eigenvalue weighted by molar-refractivity contribution is 5.54. The molecular weight excluding hydrogens is 252 g/mol. The fraction of sp³-hybridized carbons (Fsp3) is 0.438. The van der Waals surface area contributed by atoms with Crippen LogP contribution in [-0.2, 0) is 6.42 Å². The first-order valence-corrected chi connectivity index (χ1v) is 7.18. The quantitative estimate of drug-likeness (QED) is 0.915. The van der Waals surface area contributed by atoms with Gasteiger partial charge in [-0.3, -0.25) is 0 Å².